The van der Waals surface area contributed by atoms with Crippen molar-refractivity contribution in [3.8, 4) is 11.5 Å². The van der Waals surface area contributed by atoms with E-state index in [1.54, 1.807) is 21.1 Å². The molecule has 7 heteroatoms. The molecule has 218 valence electrons. The first kappa shape index (κ1) is 31.9. The highest BCUT2D eigenvalue weighted by molar-refractivity contribution is 6.65. The average molecular weight is 577 g/mol. The number of carbonyl (C=O) groups excluding carboxylic acids is 1. The predicted octanol–water partition coefficient (Wildman–Crippen LogP) is 6.74. The molecule has 0 radical (unpaired) electrons. The Kier molecular flexibility index (Phi) is 12.4. The summed E-state index contributed by atoms with van der Waals surface area (Å²) >= 11 is 5.92. The molecule has 0 aliphatic carbocycles. The number of quaternary nitrogens is 1. The number of likely N-dealkylation sites (N-methyl/N-ethyl adjacent to an activating group) is 1. The molecule has 3 aromatic carbocycles. The second-order valence-corrected chi connectivity index (χ2v) is 11.2. The summed E-state index contributed by atoms with van der Waals surface area (Å²) in [5.74, 6) is 1.41. The van der Waals surface area contributed by atoms with Crippen molar-refractivity contribution in [3.63, 3.8) is 0 Å². The Morgan fingerprint density at radius 2 is 1.37 bits per heavy atom. The number of hydrogen-bond acceptors (Lipinski definition) is 4. The fraction of sp³-hybridized carbons (Fsp3) is 0.353. The summed E-state index contributed by atoms with van der Waals surface area (Å²) in [7, 11) is 5.66. The van der Waals surface area contributed by atoms with E-state index < -0.39 is 0 Å². The highest BCUT2D eigenvalue weighted by atomic mass is 35.5. The summed E-state index contributed by atoms with van der Waals surface area (Å²) in [5, 5.41) is 3.47. The van der Waals surface area contributed by atoms with Crippen LogP contribution >= 0.6 is 11.6 Å². The van der Waals surface area contributed by atoms with Crippen LogP contribution in [0.3, 0.4) is 0 Å². The molecule has 6 nitrogen and oxygen atoms in total. The molecular formula is C34H43ClN3O3+. The Bertz CT molecular complexity index is 1220. The van der Waals surface area contributed by atoms with E-state index in [1.165, 1.54) is 11.1 Å². The first-order valence-corrected chi connectivity index (χ1v) is 14.4. The molecule has 1 atom stereocenters. The molecule has 0 spiro atoms. The van der Waals surface area contributed by atoms with Crippen LogP contribution in [-0.2, 0) is 17.6 Å². The second-order valence-electron chi connectivity index (χ2n) is 10.6. The third-order valence-electron chi connectivity index (χ3n) is 7.33. The van der Waals surface area contributed by atoms with E-state index in [-0.39, 0.29) is 22.8 Å². The molecule has 0 bridgehead atoms. The lowest BCUT2D eigenvalue weighted by Gasteiger charge is -2.38. The van der Waals surface area contributed by atoms with Gasteiger partial charge in [-0.05, 0) is 60.7 Å². The second kappa shape index (κ2) is 16.0. The number of nitrogens with zero attached hydrogens (tertiary/aromatic N) is 2. The first-order chi connectivity index (χ1) is 19.7. The number of hydrogen-bond donors (Lipinski definition) is 1. The van der Waals surface area contributed by atoms with Gasteiger partial charge in [0.1, 0.15) is 35.0 Å². The topological polar surface area (TPSA) is 59.9 Å². The first-order valence-electron chi connectivity index (χ1n) is 14.1. The fourth-order valence-electron chi connectivity index (χ4n) is 5.05. The molecule has 41 heavy (non-hydrogen) atoms. The predicted molar refractivity (Wildman–Crippen MR) is 169 cm³/mol. The van der Waals surface area contributed by atoms with Crippen molar-refractivity contribution in [1.82, 2.24) is 5.32 Å². The van der Waals surface area contributed by atoms with Crippen molar-refractivity contribution >= 4 is 22.7 Å². The van der Waals surface area contributed by atoms with Gasteiger partial charge in [-0.2, -0.15) is 0 Å². The molecule has 0 aliphatic heterocycles. The Morgan fingerprint density at radius 1 is 0.878 bits per heavy atom. The minimum absolute atomic E-state index is 0.103. The van der Waals surface area contributed by atoms with Crippen molar-refractivity contribution in [3.05, 3.63) is 108 Å². The number of benzene rings is 3. The van der Waals surface area contributed by atoms with E-state index in [9.17, 15) is 4.79 Å². The number of halogens is 1. The molecule has 1 amide bonds. The lowest BCUT2D eigenvalue weighted by Crippen LogP contribution is -2.51. The van der Waals surface area contributed by atoms with Gasteiger partial charge in [-0.3, -0.25) is 4.79 Å². The van der Waals surface area contributed by atoms with Crippen molar-refractivity contribution in [1.29, 1.82) is 0 Å². The minimum Gasteiger partial charge on any atom is -0.497 e. The normalized spacial score (nSPS) is 12.5. The lowest BCUT2D eigenvalue weighted by molar-refractivity contribution is -0.911. The highest BCUT2D eigenvalue weighted by Crippen LogP contribution is 2.22. The van der Waals surface area contributed by atoms with Crippen molar-refractivity contribution in [2.75, 3.05) is 40.9 Å². The van der Waals surface area contributed by atoms with E-state index in [0.29, 0.717) is 0 Å². The van der Waals surface area contributed by atoms with E-state index in [1.807, 2.05) is 42.5 Å². The molecule has 0 heterocycles. The average Bonchev–Trinajstić information content (AvgIpc) is 2.97. The molecule has 1 N–H and O–H groups in total. The van der Waals surface area contributed by atoms with Gasteiger partial charge in [0.15, 0.2) is 0 Å². The van der Waals surface area contributed by atoms with E-state index in [2.05, 4.69) is 60.3 Å². The van der Waals surface area contributed by atoms with Gasteiger partial charge in [0.2, 0.25) is 0 Å². The zero-order valence-corrected chi connectivity index (χ0v) is 25.5. The standard InChI is InChI=1S/C34H42ClN3O3/c1-26(36-27(2)35)34(39)37-33(30-13-7-6-8-14-30)25-38(3,23-9-11-28-15-19-31(40-4)20-16-28)24-10-12-29-17-21-32(41-5)22-18-29/h6-8,13-22,33H,1,9-12,23-25H2,2-5H3/p+1. The Labute approximate surface area is 250 Å². The summed E-state index contributed by atoms with van der Waals surface area (Å²) in [6.45, 7) is 8.12. The molecule has 0 saturated heterocycles. The molecule has 0 aromatic heterocycles. The van der Waals surface area contributed by atoms with Crippen molar-refractivity contribution in [2.24, 2.45) is 4.99 Å². The number of aliphatic imine (C=N–C) groups is 1. The van der Waals surface area contributed by atoms with Gasteiger partial charge in [0, 0.05) is 12.8 Å². The lowest BCUT2D eigenvalue weighted by atomic mass is 10.0. The summed E-state index contributed by atoms with van der Waals surface area (Å²) in [4.78, 5) is 17.1. The van der Waals surface area contributed by atoms with Gasteiger partial charge >= 0.3 is 0 Å². The third-order valence-corrected chi connectivity index (χ3v) is 7.41. The SMILES string of the molecule is C=C(N=C(C)Cl)C(=O)NC(C[N+](C)(CCCc1ccc(OC)cc1)CCCc1ccc(OC)cc1)c1ccccc1. The molecule has 3 rings (SSSR count). The van der Waals surface area contributed by atoms with Crippen LogP contribution < -0.4 is 14.8 Å². The van der Waals surface area contributed by atoms with E-state index in [0.717, 1.165) is 66.9 Å². The van der Waals surface area contributed by atoms with Gasteiger partial charge < -0.3 is 19.3 Å². The molecule has 3 aromatic rings. The van der Waals surface area contributed by atoms with Gasteiger partial charge in [-0.15, -0.1) is 0 Å². The number of nitrogens with one attached hydrogen (secondary N) is 1. The molecule has 0 aliphatic rings. The smallest absolute Gasteiger partial charge is 0.269 e. The van der Waals surface area contributed by atoms with Crippen molar-refractivity contribution < 1.29 is 18.8 Å². The van der Waals surface area contributed by atoms with Gasteiger partial charge in [-0.25, -0.2) is 4.99 Å². The van der Waals surface area contributed by atoms with E-state index in [4.69, 9.17) is 21.1 Å². The summed E-state index contributed by atoms with van der Waals surface area (Å²) < 4.78 is 11.4. The van der Waals surface area contributed by atoms with Crippen LogP contribution in [0, 0.1) is 0 Å². The minimum atomic E-state index is -0.318. The van der Waals surface area contributed by atoms with Crippen LogP contribution in [0.2, 0.25) is 0 Å². The van der Waals surface area contributed by atoms with Gasteiger partial charge in [-0.1, -0.05) is 72.8 Å². The number of aryl methyl sites for hydroxylation is 2. The number of methoxy groups -OCH3 is 2. The van der Waals surface area contributed by atoms with Crippen LogP contribution in [-0.4, -0.2) is 56.5 Å². The maximum Gasteiger partial charge on any atom is 0.269 e. The third kappa shape index (κ3) is 10.7. The molecular weight excluding hydrogens is 534 g/mol. The molecule has 0 saturated carbocycles. The number of ether oxygens (including phenoxy) is 2. The van der Waals surface area contributed by atoms with Crippen LogP contribution in [0.25, 0.3) is 0 Å². The zero-order chi connectivity index (χ0) is 29.7. The van der Waals surface area contributed by atoms with Gasteiger partial charge in [0.05, 0.1) is 34.4 Å². The number of rotatable bonds is 16. The van der Waals surface area contributed by atoms with Gasteiger partial charge in [0.25, 0.3) is 5.91 Å². The summed E-state index contributed by atoms with van der Waals surface area (Å²) in [6.07, 6.45) is 3.98. The Hall–Kier alpha value is -3.61. The van der Waals surface area contributed by atoms with Crippen LogP contribution in [0.15, 0.2) is 96.1 Å². The molecule has 1 unspecified atom stereocenters. The quantitative estimate of drug-likeness (QED) is 0.117. The molecule has 0 fully saturated rings. The van der Waals surface area contributed by atoms with Crippen molar-refractivity contribution in [2.45, 2.75) is 38.6 Å². The maximum absolute atomic E-state index is 13.0. The van der Waals surface area contributed by atoms with Crippen LogP contribution in [0.4, 0.5) is 0 Å². The number of carbonyl (C=O) groups is 1. The number of amides is 1. The highest BCUT2D eigenvalue weighted by Gasteiger charge is 2.29. The Morgan fingerprint density at radius 3 is 1.80 bits per heavy atom. The summed E-state index contributed by atoms with van der Waals surface area (Å²) in [6, 6.07) is 26.5. The van der Waals surface area contributed by atoms with E-state index >= 15 is 0 Å². The largest absolute Gasteiger partial charge is 0.497 e. The zero-order valence-electron chi connectivity index (χ0n) is 24.7. The monoisotopic (exact) mass is 576 g/mol. The van der Waals surface area contributed by atoms with Crippen LogP contribution in [0.1, 0.15) is 42.5 Å². The maximum atomic E-state index is 13.0. The fourth-order valence-corrected chi connectivity index (χ4v) is 5.15. The van der Waals surface area contributed by atoms with Crippen LogP contribution in [0.5, 0.6) is 11.5 Å². The summed E-state index contributed by atoms with van der Waals surface area (Å²) in [5.41, 5.74) is 3.73. The Balaban J connectivity index is 1.77.